The van der Waals surface area contributed by atoms with E-state index in [-0.39, 0.29) is 46.3 Å². The molecule has 0 unspecified atom stereocenters. The lowest BCUT2D eigenvalue weighted by Crippen LogP contribution is -2.08. The minimum absolute atomic E-state index is 0.0129. The Morgan fingerprint density at radius 2 is 0.588 bits per heavy atom. The molecule has 6 aromatic carbocycles. The number of hydrogen-bond acceptors (Lipinski definition) is 6. The van der Waals surface area contributed by atoms with Crippen molar-refractivity contribution in [2.75, 3.05) is 0 Å². The van der Waals surface area contributed by atoms with Crippen molar-refractivity contribution in [3.8, 4) is 34.5 Å². The van der Waals surface area contributed by atoms with Gasteiger partial charge < -0.3 is 30.6 Å². The van der Waals surface area contributed by atoms with Gasteiger partial charge in [0.15, 0.2) is 0 Å². The zero-order valence-corrected chi connectivity index (χ0v) is 29.2. The maximum absolute atomic E-state index is 11.8. The Balaban J connectivity index is 1.53. The summed E-state index contributed by atoms with van der Waals surface area (Å²) in [7, 11) is 0. The molecule has 6 aromatic rings. The summed E-state index contributed by atoms with van der Waals surface area (Å²) in [5, 5.41) is 64.0. The molecule has 0 heterocycles. The van der Waals surface area contributed by atoms with Gasteiger partial charge >= 0.3 is 0 Å². The Hall–Kier alpha value is -5.88. The lowest BCUT2D eigenvalue weighted by Gasteiger charge is -2.25. The first-order chi connectivity index (χ1) is 24.4. The SMILES string of the molecule is CC(C)c1cc(Cc2cc(C(C)C)c(O)c(C(c3ccc(O)cc3)c3ccc(O)cc3)c2)cc(C(c2ccc(O)cc2)c2ccc(O)cc2)c1O. The molecule has 260 valence electrons. The summed E-state index contributed by atoms with van der Waals surface area (Å²) in [5.41, 5.74) is 8.49. The molecule has 0 saturated carbocycles. The van der Waals surface area contributed by atoms with Crippen LogP contribution in [0.4, 0.5) is 0 Å². The summed E-state index contributed by atoms with van der Waals surface area (Å²) in [6.07, 6.45) is 0.510. The second kappa shape index (κ2) is 14.5. The van der Waals surface area contributed by atoms with E-state index in [1.54, 1.807) is 48.5 Å². The molecular formula is C45H44O6. The Morgan fingerprint density at radius 3 is 0.824 bits per heavy atom. The number of rotatable bonds is 10. The topological polar surface area (TPSA) is 121 Å². The minimum atomic E-state index is -0.390. The summed E-state index contributed by atoms with van der Waals surface area (Å²) >= 11 is 0. The Kier molecular flexibility index (Phi) is 9.97. The van der Waals surface area contributed by atoms with E-state index in [0.717, 1.165) is 44.5 Å². The van der Waals surface area contributed by atoms with Crippen molar-refractivity contribution in [2.24, 2.45) is 0 Å². The van der Waals surface area contributed by atoms with Crippen LogP contribution >= 0.6 is 0 Å². The Morgan fingerprint density at radius 1 is 0.353 bits per heavy atom. The molecule has 6 N–H and O–H groups in total. The van der Waals surface area contributed by atoms with Crippen molar-refractivity contribution in [3.63, 3.8) is 0 Å². The van der Waals surface area contributed by atoms with Crippen molar-refractivity contribution in [1.82, 2.24) is 0 Å². The quantitative estimate of drug-likeness (QED) is 0.0801. The molecule has 0 bridgehead atoms. The molecule has 0 spiro atoms. The molecule has 0 radical (unpaired) electrons. The fourth-order valence-electron chi connectivity index (χ4n) is 7.02. The van der Waals surface area contributed by atoms with E-state index in [1.807, 2.05) is 100 Å². The van der Waals surface area contributed by atoms with Crippen LogP contribution in [0.3, 0.4) is 0 Å². The molecule has 0 aliphatic carbocycles. The first-order valence-electron chi connectivity index (χ1n) is 17.3. The van der Waals surface area contributed by atoms with Crippen molar-refractivity contribution >= 4 is 0 Å². The number of aromatic hydroxyl groups is 6. The van der Waals surface area contributed by atoms with Gasteiger partial charge in [-0.3, -0.25) is 0 Å². The molecule has 6 rings (SSSR count). The third-order valence-electron chi connectivity index (χ3n) is 9.64. The molecule has 0 fully saturated rings. The average molecular weight is 681 g/mol. The number of benzene rings is 6. The zero-order chi connectivity index (χ0) is 36.4. The van der Waals surface area contributed by atoms with Crippen LogP contribution in [0.5, 0.6) is 34.5 Å². The molecule has 0 aliphatic rings. The summed E-state index contributed by atoms with van der Waals surface area (Å²) in [6.45, 7) is 8.20. The van der Waals surface area contributed by atoms with Crippen LogP contribution in [0, 0.1) is 0 Å². The van der Waals surface area contributed by atoms with Crippen molar-refractivity contribution in [2.45, 2.75) is 57.8 Å². The largest absolute Gasteiger partial charge is 0.508 e. The summed E-state index contributed by atoms with van der Waals surface area (Å²) in [6, 6.07) is 36.0. The lowest BCUT2D eigenvalue weighted by atomic mass is 9.80. The third kappa shape index (κ3) is 7.51. The summed E-state index contributed by atoms with van der Waals surface area (Å²) in [5.74, 6) is 0.229. The fourth-order valence-corrected chi connectivity index (χ4v) is 7.02. The van der Waals surface area contributed by atoms with E-state index in [1.165, 1.54) is 0 Å². The average Bonchev–Trinajstić information content (AvgIpc) is 3.10. The molecule has 51 heavy (non-hydrogen) atoms. The van der Waals surface area contributed by atoms with Gasteiger partial charge in [-0.15, -0.1) is 0 Å². The van der Waals surface area contributed by atoms with Crippen LogP contribution < -0.4 is 0 Å². The van der Waals surface area contributed by atoms with Gasteiger partial charge in [0, 0.05) is 23.0 Å². The summed E-state index contributed by atoms with van der Waals surface area (Å²) in [4.78, 5) is 0. The fraction of sp³-hybridized carbons (Fsp3) is 0.200. The number of hydrogen-bond donors (Lipinski definition) is 6. The highest BCUT2D eigenvalue weighted by molar-refractivity contribution is 5.58. The van der Waals surface area contributed by atoms with Gasteiger partial charge in [-0.2, -0.15) is 0 Å². The van der Waals surface area contributed by atoms with E-state index in [0.29, 0.717) is 17.5 Å². The Labute approximate surface area is 299 Å². The molecular weight excluding hydrogens is 636 g/mol. The van der Waals surface area contributed by atoms with Crippen molar-refractivity contribution in [1.29, 1.82) is 0 Å². The molecule has 6 nitrogen and oxygen atoms in total. The van der Waals surface area contributed by atoms with Gasteiger partial charge in [0.05, 0.1) is 0 Å². The highest BCUT2D eigenvalue weighted by Crippen LogP contribution is 2.44. The highest BCUT2D eigenvalue weighted by Gasteiger charge is 2.26. The van der Waals surface area contributed by atoms with Gasteiger partial charge in [-0.25, -0.2) is 0 Å². The Bertz CT molecular complexity index is 1870. The van der Waals surface area contributed by atoms with Gasteiger partial charge in [-0.1, -0.05) is 100 Å². The van der Waals surface area contributed by atoms with Crippen LogP contribution in [-0.2, 0) is 6.42 Å². The maximum Gasteiger partial charge on any atom is 0.123 e. The highest BCUT2D eigenvalue weighted by atomic mass is 16.3. The van der Waals surface area contributed by atoms with E-state index >= 15 is 0 Å². The first kappa shape index (κ1) is 35.0. The predicted molar refractivity (Wildman–Crippen MR) is 202 cm³/mol. The van der Waals surface area contributed by atoms with Crippen LogP contribution in [0.2, 0.25) is 0 Å². The van der Waals surface area contributed by atoms with Gasteiger partial charge in [0.25, 0.3) is 0 Å². The van der Waals surface area contributed by atoms with E-state index in [9.17, 15) is 30.6 Å². The molecule has 0 atom stereocenters. The minimum Gasteiger partial charge on any atom is -0.508 e. The van der Waals surface area contributed by atoms with Crippen molar-refractivity contribution < 1.29 is 30.6 Å². The molecule has 0 saturated heterocycles. The van der Waals surface area contributed by atoms with Crippen molar-refractivity contribution in [3.05, 3.63) is 177 Å². The van der Waals surface area contributed by atoms with Gasteiger partial charge in [0.1, 0.15) is 34.5 Å². The second-order valence-electron chi connectivity index (χ2n) is 14.0. The maximum atomic E-state index is 11.8. The van der Waals surface area contributed by atoms with Crippen LogP contribution in [0.1, 0.15) is 107 Å². The number of phenolic OH excluding ortho intramolecular Hbond substituents is 6. The summed E-state index contributed by atoms with van der Waals surface area (Å²) < 4.78 is 0. The zero-order valence-electron chi connectivity index (χ0n) is 29.2. The van der Waals surface area contributed by atoms with E-state index < -0.39 is 11.8 Å². The standard InChI is InChI=1S/C45H44O6/c1-26(2)38-22-28(24-40(44(38)50)42(30-5-13-34(46)14-6-30)31-7-15-35(47)16-8-31)21-29-23-39(27(3)4)45(51)41(25-29)43(32-9-17-36(48)18-10-32)33-11-19-37(49)20-12-33/h5-20,22-27,42-43,46-51H,21H2,1-4H3. The lowest BCUT2D eigenvalue weighted by molar-refractivity contribution is 0.456. The van der Waals surface area contributed by atoms with E-state index in [2.05, 4.69) is 0 Å². The molecule has 0 aromatic heterocycles. The molecule has 0 amide bonds. The smallest absolute Gasteiger partial charge is 0.123 e. The second-order valence-corrected chi connectivity index (χ2v) is 14.0. The van der Waals surface area contributed by atoms with Gasteiger partial charge in [0.2, 0.25) is 0 Å². The van der Waals surface area contributed by atoms with Crippen LogP contribution in [0.25, 0.3) is 0 Å². The third-order valence-corrected chi connectivity index (χ3v) is 9.64. The normalized spacial score (nSPS) is 11.6. The number of phenols is 6. The van der Waals surface area contributed by atoms with Gasteiger partial charge in [-0.05, 0) is 111 Å². The van der Waals surface area contributed by atoms with Crippen LogP contribution in [0.15, 0.2) is 121 Å². The van der Waals surface area contributed by atoms with Crippen LogP contribution in [-0.4, -0.2) is 30.6 Å². The monoisotopic (exact) mass is 680 g/mol. The molecule has 6 heteroatoms. The van der Waals surface area contributed by atoms with E-state index in [4.69, 9.17) is 0 Å². The predicted octanol–water partition coefficient (Wildman–Crippen LogP) is 10.1. The molecule has 0 aliphatic heterocycles. The first-order valence-corrected chi connectivity index (χ1v) is 17.3.